The second-order valence-electron chi connectivity index (χ2n) is 2.08. The molecule has 0 radical (unpaired) electrons. The Balaban J connectivity index is 4.16. The van der Waals surface area contributed by atoms with Gasteiger partial charge >= 0.3 is 5.97 Å². The SMILES string of the molecule is CCS(=O)(=O)NC(C)C(=O)O. The van der Waals surface area contributed by atoms with E-state index in [1.807, 2.05) is 4.72 Å². The lowest BCUT2D eigenvalue weighted by molar-refractivity contribution is -0.138. The van der Waals surface area contributed by atoms with Gasteiger partial charge in [0.2, 0.25) is 10.0 Å². The molecule has 0 spiro atoms. The van der Waals surface area contributed by atoms with Crippen molar-refractivity contribution in [1.82, 2.24) is 4.72 Å². The Hall–Kier alpha value is -0.620. The van der Waals surface area contributed by atoms with Crippen molar-refractivity contribution < 1.29 is 18.3 Å². The number of carboxylic acid groups (broad SMARTS) is 1. The maximum Gasteiger partial charge on any atom is 0.321 e. The minimum atomic E-state index is -3.39. The Morgan fingerprint density at radius 3 is 2.36 bits per heavy atom. The molecule has 0 aromatic carbocycles. The van der Waals surface area contributed by atoms with Crippen molar-refractivity contribution in [2.24, 2.45) is 0 Å². The van der Waals surface area contributed by atoms with Gasteiger partial charge in [0.25, 0.3) is 0 Å². The average Bonchev–Trinajstić information content (AvgIpc) is 1.87. The lowest BCUT2D eigenvalue weighted by atomic mass is 10.4. The minimum absolute atomic E-state index is 0.107. The second-order valence-corrected chi connectivity index (χ2v) is 4.12. The third-order valence-corrected chi connectivity index (χ3v) is 2.58. The topological polar surface area (TPSA) is 83.5 Å². The Labute approximate surface area is 65.5 Å². The number of nitrogens with one attached hydrogen (secondary N) is 1. The van der Waals surface area contributed by atoms with Gasteiger partial charge in [0.05, 0.1) is 5.75 Å². The highest BCUT2D eigenvalue weighted by molar-refractivity contribution is 7.89. The Bertz CT molecular complexity index is 233. The zero-order valence-electron chi connectivity index (χ0n) is 6.36. The molecule has 66 valence electrons. The monoisotopic (exact) mass is 181 g/mol. The van der Waals surface area contributed by atoms with E-state index in [9.17, 15) is 13.2 Å². The van der Waals surface area contributed by atoms with Crippen molar-refractivity contribution in [3.63, 3.8) is 0 Å². The van der Waals surface area contributed by atoms with E-state index in [2.05, 4.69) is 0 Å². The van der Waals surface area contributed by atoms with Crippen LogP contribution in [0.1, 0.15) is 13.8 Å². The Morgan fingerprint density at radius 2 is 2.09 bits per heavy atom. The molecule has 5 nitrogen and oxygen atoms in total. The lowest BCUT2D eigenvalue weighted by Gasteiger charge is -2.07. The predicted molar refractivity (Wildman–Crippen MR) is 39.7 cm³/mol. The third-order valence-electron chi connectivity index (χ3n) is 1.11. The van der Waals surface area contributed by atoms with Crippen molar-refractivity contribution >= 4 is 16.0 Å². The maximum atomic E-state index is 10.7. The highest BCUT2D eigenvalue weighted by atomic mass is 32.2. The largest absolute Gasteiger partial charge is 0.480 e. The number of carbonyl (C=O) groups is 1. The molecule has 0 saturated carbocycles. The van der Waals surface area contributed by atoms with Crippen LogP contribution < -0.4 is 4.72 Å². The van der Waals surface area contributed by atoms with E-state index in [4.69, 9.17) is 5.11 Å². The van der Waals surface area contributed by atoms with E-state index in [0.29, 0.717) is 0 Å². The van der Waals surface area contributed by atoms with Crippen molar-refractivity contribution in [3.8, 4) is 0 Å². The molecule has 0 amide bonds. The molecular weight excluding hydrogens is 170 g/mol. The van der Waals surface area contributed by atoms with Gasteiger partial charge < -0.3 is 5.11 Å². The number of hydrogen-bond acceptors (Lipinski definition) is 3. The van der Waals surface area contributed by atoms with Crippen LogP contribution in [-0.2, 0) is 14.8 Å². The fraction of sp³-hybridized carbons (Fsp3) is 0.800. The van der Waals surface area contributed by atoms with E-state index >= 15 is 0 Å². The van der Waals surface area contributed by atoms with Crippen LogP contribution in [0.25, 0.3) is 0 Å². The number of sulfonamides is 1. The second kappa shape index (κ2) is 3.68. The summed E-state index contributed by atoms with van der Waals surface area (Å²) in [6, 6.07) is -1.06. The molecule has 1 atom stereocenters. The Kier molecular flexibility index (Phi) is 3.47. The molecule has 0 aliphatic rings. The summed E-state index contributed by atoms with van der Waals surface area (Å²) in [6.45, 7) is 2.71. The predicted octanol–water partition coefficient (Wildman–Crippen LogP) is -0.601. The van der Waals surface area contributed by atoms with Crippen LogP contribution in [-0.4, -0.2) is 31.3 Å². The van der Waals surface area contributed by atoms with Crippen LogP contribution in [0.4, 0.5) is 0 Å². The molecule has 11 heavy (non-hydrogen) atoms. The van der Waals surface area contributed by atoms with Gasteiger partial charge in [-0.25, -0.2) is 13.1 Å². The van der Waals surface area contributed by atoms with Crippen LogP contribution in [0.5, 0.6) is 0 Å². The summed E-state index contributed by atoms with van der Waals surface area (Å²) in [4.78, 5) is 10.2. The zero-order valence-corrected chi connectivity index (χ0v) is 7.18. The first-order chi connectivity index (χ1) is 4.89. The molecule has 0 rings (SSSR count). The van der Waals surface area contributed by atoms with Crippen molar-refractivity contribution in [1.29, 1.82) is 0 Å². The molecule has 2 N–H and O–H groups in total. The smallest absolute Gasteiger partial charge is 0.321 e. The van der Waals surface area contributed by atoms with Gasteiger partial charge in [0, 0.05) is 0 Å². The van der Waals surface area contributed by atoms with Crippen molar-refractivity contribution in [3.05, 3.63) is 0 Å². The van der Waals surface area contributed by atoms with Crippen LogP contribution in [0.2, 0.25) is 0 Å². The molecule has 0 aromatic heterocycles. The molecule has 0 aliphatic heterocycles. The summed E-state index contributed by atoms with van der Waals surface area (Å²) in [5.74, 6) is -1.29. The van der Waals surface area contributed by atoms with Gasteiger partial charge in [0.15, 0.2) is 0 Å². The average molecular weight is 181 g/mol. The summed E-state index contributed by atoms with van der Waals surface area (Å²) in [6.07, 6.45) is 0. The summed E-state index contributed by atoms with van der Waals surface area (Å²) < 4.78 is 23.5. The third kappa shape index (κ3) is 3.94. The van der Waals surface area contributed by atoms with Crippen molar-refractivity contribution in [2.75, 3.05) is 5.75 Å². The molecule has 0 heterocycles. The first-order valence-electron chi connectivity index (χ1n) is 3.12. The number of rotatable bonds is 4. The minimum Gasteiger partial charge on any atom is -0.480 e. The maximum absolute atomic E-state index is 10.7. The standard InChI is InChI=1S/C5H11NO4S/c1-3-11(9,10)6-4(2)5(7)8/h4,6H,3H2,1-2H3,(H,7,8). The van der Waals surface area contributed by atoms with Gasteiger partial charge in [-0.3, -0.25) is 4.79 Å². The van der Waals surface area contributed by atoms with E-state index in [-0.39, 0.29) is 5.75 Å². The summed E-state index contributed by atoms with van der Waals surface area (Å²) in [7, 11) is -3.39. The van der Waals surface area contributed by atoms with Gasteiger partial charge in [-0.2, -0.15) is 0 Å². The highest BCUT2D eigenvalue weighted by Gasteiger charge is 2.16. The molecule has 1 unspecified atom stereocenters. The molecular formula is C5H11NO4S. The molecule has 0 bridgehead atoms. The van der Waals surface area contributed by atoms with E-state index < -0.39 is 22.0 Å². The Morgan fingerprint density at radius 1 is 1.64 bits per heavy atom. The lowest BCUT2D eigenvalue weighted by Crippen LogP contribution is -2.39. The van der Waals surface area contributed by atoms with E-state index in [1.54, 1.807) is 0 Å². The van der Waals surface area contributed by atoms with E-state index in [1.165, 1.54) is 13.8 Å². The quantitative estimate of drug-likeness (QED) is 0.606. The zero-order chi connectivity index (χ0) is 9.07. The summed E-state index contributed by atoms with van der Waals surface area (Å²) >= 11 is 0. The highest BCUT2D eigenvalue weighted by Crippen LogP contribution is 1.88. The van der Waals surface area contributed by atoms with Gasteiger partial charge in [-0.15, -0.1) is 0 Å². The van der Waals surface area contributed by atoms with E-state index in [0.717, 1.165) is 0 Å². The van der Waals surface area contributed by atoms with Crippen LogP contribution in [0, 0.1) is 0 Å². The fourth-order valence-corrected chi connectivity index (χ4v) is 1.21. The molecule has 0 aliphatic carbocycles. The molecule has 0 saturated heterocycles. The fourth-order valence-electron chi connectivity index (χ4n) is 0.403. The van der Waals surface area contributed by atoms with Gasteiger partial charge in [0.1, 0.15) is 6.04 Å². The van der Waals surface area contributed by atoms with Crippen molar-refractivity contribution in [2.45, 2.75) is 19.9 Å². The normalized spacial score (nSPS) is 14.4. The van der Waals surface area contributed by atoms with Gasteiger partial charge in [-0.1, -0.05) is 0 Å². The number of aliphatic carboxylic acids is 1. The summed E-state index contributed by atoms with van der Waals surface area (Å²) in [5, 5.41) is 8.31. The van der Waals surface area contributed by atoms with Gasteiger partial charge in [-0.05, 0) is 13.8 Å². The molecule has 0 fully saturated rings. The molecule has 0 aromatic rings. The number of hydrogen-bond donors (Lipinski definition) is 2. The first-order valence-corrected chi connectivity index (χ1v) is 4.77. The number of carboxylic acids is 1. The van der Waals surface area contributed by atoms with Crippen LogP contribution in [0.15, 0.2) is 0 Å². The summed E-state index contributed by atoms with van der Waals surface area (Å²) in [5.41, 5.74) is 0. The first kappa shape index (κ1) is 10.4. The van der Waals surface area contributed by atoms with Crippen LogP contribution in [0.3, 0.4) is 0 Å². The molecule has 6 heteroatoms. The van der Waals surface area contributed by atoms with Crippen LogP contribution >= 0.6 is 0 Å².